The fourth-order valence-electron chi connectivity index (χ4n) is 1.24. The summed E-state index contributed by atoms with van der Waals surface area (Å²) in [6, 6.07) is 1.85. The zero-order valence-corrected chi connectivity index (χ0v) is 10.1. The van der Waals surface area contributed by atoms with Crippen LogP contribution in [0.2, 0.25) is 0 Å². The number of hydrogen-bond acceptors (Lipinski definition) is 3. The summed E-state index contributed by atoms with van der Waals surface area (Å²) in [5, 5.41) is 0. The van der Waals surface area contributed by atoms with E-state index in [0.717, 1.165) is 0 Å². The maximum absolute atomic E-state index is 12.4. The molecule has 0 radical (unpaired) electrons. The van der Waals surface area contributed by atoms with E-state index < -0.39 is 12.2 Å². The van der Waals surface area contributed by atoms with E-state index in [1.165, 1.54) is 32.4 Å². The van der Waals surface area contributed by atoms with Crippen LogP contribution in [0.3, 0.4) is 0 Å². The van der Waals surface area contributed by atoms with Crippen molar-refractivity contribution in [2.75, 3.05) is 14.2 Å². The molecular weight excluding hydrogens is 259 g/mol. The van der Waals surface area contributed by atoms with E-state index in [2.05, 4.69) is 0 Å². The topological polar surface area (TPSA) is 44.5 Å². The van der Waals surface area contributed by atoms with Crippen molar-refractivity contribution in [3.8, 4) is 11.5 Å². The Labute approximate surface area is 103 Å². The van der Waals surface area contributed by atoms with Gasteiger partial charge in [-0.2, -0.15) is 13.2 Å². The Morgan fingerprint density at radius 3 is 2.06 bits per heavy atom. The van der Waals surface area contributed by atoms with Gasteiger partial charge in [-0.25, -0.2) is 0 Å². The Bertz CT molecular complexity index is 371. The van der Waals surface area contributed by atoms with E-state index in [1.54, 1.807) is 0 Å². The molecule has 0 aliphatic heterocycles. The highest BCUT2D eigenvalue weighted by Crippen LogP contribution is 2.35. The summed E-state index contributed by atoms with van der Waals surface area (Å²) < 4.78 is 46.9. The third-order valence-corrected chi connectivity index (χ3v) is 2.12. The van der Waals surface area contributed by atoms with E-state index in [4.69, 9.17) is 15.2 Å². The Morgan fingerprint density at radius 2 is 1.65 bits per heavy atom. The Hall–Kier alpha value is -1.14. The Kier molecular flexibility index (Phi) is 5.57. The molecule has 1 aromatic carbocycles. The third-order valence-electron chi connectivity index (χ3n) is 2.12. The minimum absolute atomic E-state index is 0. The second kappa shape index (κ2) is 5.97. The predicted octanol–water partition coefficient (Wildman–Crippen LogP) is 2.69. The molecule has 1 atom stereocenters. The summed E-state index contributed by atoms with van der Waals surface area (Å²) in [7, 11) is 2.75. The average Bonchev–Trinajstić information content (AvgIpc) is 2.25. The van der Waals surface area contributed by atoms with Gasteiger partial charge in [-0.05, 0) is 17.7 Å². The van der Waals surface area contributed by atoms with Gasteiger partial charge >= 0.3 is 6.18 Å². The molecule has 0 bridgehead atoms. The number of ether oxygens (including phenoxy) is 2. The van der Waals surface area contributed by atoms with Crippen LogP contribution in [-0.4, -0.2) is 20.4 Å². The normalized spacial score (nSPS) is 12.6. The minimum Gasteiger partial charge on any atom is -0.493 e. The molecule has 17 heavy (non-hydrogen) atoms. The molecule has 0 aliphatic carbocycles. The predicted molar refractivity (Wildman–Crippen MR) is 59.8 cm³/mol. The van der Waals surface area contributed by atoms with Gasteiger partial charge in [-0.1, -0.05) is 6.07 Å². The summed E-state index contributed by atoms with van der Waals surface area (Å²) >= 11 is 0. The summed E-state index contributed by atoms with van der Waals surface area (Å²) in [4.78, 5) is 0. The molecule has 0 heterocycles. The van der Waals surface area contributed by atoms with E-state index in [-0.39, 0.29) is 23.7 Å². The molecule has 0 saturated carbocycles. The monoisotopic (exact) mass is 271 g/mol. The second-order valence-electron chi connectivity index (χ2n) is 3.13. The number of methoxy groups -OCH3 is 2. The molecule has 7 heteroatoms. The number of halogens is 4. The molecule has 0 fully saturated rings. The molecule has 0 amide bonds. The number of nitrogens with two attached hydrogens (primary N) is 1. The first-order valence-electron chi connectivity index (χ1n) is 4.44. The number of alkyl halides is 3. The van der Waals surface area contributed by atoms with Gasteiger partial charge < -0.3 is 15.2 Å². The first-order chi connectivity index (χ1) is 7.40. The van der Waals surface area contributed by atoms with Crippen LogP contribution in [0.5, 0.6) is 11.5 Å². The summed E-state index contributed by atoms with van der Waals surface area (Å²) in [5.74, 6) is 0.584. The Morgan fingerprint density at radius 1 is 1.12 bits per heavy atom. The smallest absolute Gasteiger partial charge is 0.407 e. The number of rotatable bonds is 3. The van der Waals surface area contributed by atoms with Gasteiger partial charge in [0.25, 0.3) is 0 Å². The lowest BCUT2D eigenvalue weighted by Gasteiger charge is -2.17. The van der Waals surface area contributed by atoms with Crippen LogP contribution in [0.1, 0.15) is 11.6 Å². The molecule has 0 aromatic heterocycles. The van der Waals surface area contributed by atoms with Gasteiger partial charge in [0.2, 0.25) is 0 Å². The molecule has 1 aromatic rings. The highest BCUT2D eigenvalue weighted by molar-refractivity contribution is 5.85. The number of hydrogen-bond donors (Lipinski definition) is 1. The lowest BCUT2D eigenvalue weighted by atomic mass is 10.1. The molecule has 0 unspecified atom stereocenters. The van der Waals surface area contributed by atoms with Gasteiger partial charge in [0, 0.05) is 0 Å². The van der Waals surface area contributed by atoms with E-state index in [9.17, 15) is 13.2 Å². The van der Waals surface area contributed by atoms with Gasteiger partial charge in [0.1, 0.15) is 6.04 Å². The Balaban J connectivity index is 0.00000256. The zero-order valence-electron chi connectivity index (χ0n) is 9.25. The first-order valence-corrected chi connectivity index (χ1v) is 4.44. The second-order valence-corrected chi connectivity index (χ2v) is 3.13. The van der Waals surface area contributed by atoms with Crippen LogP contribution in [0, 0.1) is 0 Å². The van der Waals surface area contributed by atoms with E-state index >= 15 is 0 Å². The van der Waals surface area contributed by atoms with Gasteiger partial charge in [-0.3, -0.25) is 0 Å². The maximum Gasteiger partial charge on any atom is 0.407 e. The van der Waals surface area contributed by atoms with Gasteiger partial charge in [-0.15, -0.1) is 12.4 Å². The van der Waals surface area contributed by atoms with Crippen molar-refractivity contribution >= 4 is 12.4 Å². The average molecular weight is 272 g/mol. The summed E-state index contributed by atoms with van der Waals surface area (Å²) in [5.41, 5.74) is 5.00. The van der Waals surface area contributed by atoms with E-state index in [0.29, 0.717) is 5.75 Å². The van der Waals surface area contributed by atoms with Crippen LogP contribution < -0.4 is 15.2 Å². The van der Waals surface area contributed by atoms with Crippen molar-refractivity contribution in [1.29, 1.82) is 0 Å². The van der Waals surface area contributed by atoms with Crippen LogP contribution in [0.25, 0.3) is 0 Å². The lowest BCUT2D eigenvalue weighted by Crippen LogP contribution is -2.28. The van der Waals surface area contributed by atoms with Crippen molar-refractivity contribution < 1.29 is 22.6 Å². The van der Waals surface area contributed by atoms with E-state index in [1.807, 2.05) is 0 Å². The molecule has 0 saturated heterocycles. The van der Waals surface area contributed by atoms with Crippen molar-refractivity contribution in [3.05, 3.63) is 23.8 Å². The van der Waals surface area contributed by atoms with Crippen molar-refractivity contribution in [2.24, 2.45) is 5.73 Å². The zero-order chi connectivity index (χ0) is 12.3. The van der Waals surface area contributed by atoms with Crippen LogP contribution in [0.15, 0.2) is 18.2 Å². The van der Waals surface area contributed by atoms with Gasteiger partial charge in [0.15, 0.2) is 11.5 Å². The molecule has 3 nitrogen and oxygen atoms in total. The highest BCUT2D eigenvalue weighted by atomic mass is 35.5. The molecule has 98 valence electrons. The van der Waals surface area contributed by atoms with Crippen LogP contribution in [0.4, 0.5) is 13.2 Å². The molecular formula is C10H13ClF3NO2. The largest absolute Gasteiger partial charge is 0.493 e. The fraction of sp³-hybridized carbons (Fsp3) is 0.400. The highest BCUT2D eigenvalue weighted by Gasteiger charge is 2.38. The quantitative estimate of drug-likeness (QED) is 0.919. The van der Waals surface area contributed by atoms with Gasteiger partial charge in [0.05, 0.1) is 14.2 Å². The number of benzene rings is 1. The van der Waals surface area contributed by atoms with Crippen LogP contribution in [-0.2, 0) is 0 Å². The van der Waals surface area contributed by atoms with Crippen molar-refractivity contribution in [2.45, 2.75) is 12.2 Å². The minimum atomic E-state index is -4.47. The lowest BCUT2D eigenvalue weighted by molar-refractivity contribution is -0.149. The molecule has 1 rings (SSSR count). The molecule has 0 spiro atoms. The van der Waals surface area contributed by atoms with Crippen LogP contribution >= 0.6 is 12.4 Å². The maximum atomic E-state index is 12.4. The van der Waals surface area contributed by atoms with Crippen molar-refractivity contribution in [1.82, 2.24) is 0 Å². The first kappa shape index (κ1) is 15.9. The summed E-state index contributed by atoms with van der Waals surface area (Å²) in [6.45, 7) is 0. The fourth-order valence-corrected chi connectivity index (χ4v) is 1.24. The molecule has 2 N–H and O–H groups in total. The molecule has 0 aliphatic rings. The SMILES string of the molecule is COc1ccc([C@H](N)C(F)(F)F)cc1OC.Cl. The van der Waals surface area contributed by atoms with Crippen molar-refractivity contribution in [3.63, 3.8) is 0 Å². The third kappa shape index (κ3) is 3.67. The summed E-state index contributed by atoms with van der Waals surface area (Å²) in [6.07, 6.45) is -4.47. The standard InChI is InChI=1S/C10H12F3NO2.ClH/c1-15-7-4-3-6(5-8(7)16-2)9(14)10(11,12)13;/h3-5,9H,14H2,1-2H3;1H/t9-;/m0./s1.